The Morgan fingerprint density at radius 1 is 1.08 bits per heavy atom. The molecular weight excluding hydrogens is 472 g/mol. The van der Waals surface area contributed by atoms with E-state index in [9.17, 15) is 14.4 Å². The van der Waals surface area contributed by atoms with Crippen LogP contribution in [0, 0.1) is 0 Å². The molecule has 0 N–H and O–H groups in total. The first-order valence-electron chi connectivity index (χ1n) is 12.4. The second-order valence-corrected chi connectivity index (χ2v) is 10.6. The smallest absolute Gasteiger partial charge is 0.347 e. The van der Waals surface area contributed by atoms with E-state index in [-0.39, 0.29) is 28.1 Å². The van der Waals surface area contributed by atoms with E-state index in [1.54, 1.807) is 28.8 Å². The molecule has 0 saturated heterocycles. The molecule has 0 amide bonds. The van der Waals surface area contributed by atoms with Gasteiger partial charge in [-0.2, -0.15) is 0 Å². The van der Waals surface area contributed by atoms with Crippen LogP contribution in [0.1, 0.15) is 54.1 Å². The van der Waals surface area contributed by atoms with Crippen LogP contribution in [0.5, 0.6) is 0 Å². The SMILES string of the molecule is CCn1c(SCC(=O)c2cc3ccccc3oc2=O)nc2c(c1=O)C1(CCCC1)Cc1ccccc1-2. The van der Waals surface area contributed by atoms with Crippen LogP contribution in [0.15, 0.2) is 73.8 Å². The van der Waals surface area contributed by atoms with Crippen molar-refractivity contribution in [1.82, 2.24) is 9.55 Å². The zero-order valence-corrected chi connectivity index (χ0v) is 20.9. The first kappa shape index (κ1) is 23.0. The summed E-state index contributed by atoms with van der Waals surface area (Å²) in [5.41, 5.74) is 3.49. The predicted octanol–water partition coefficient (Wildman–Crippen LogP) is 5.38. The Bertz CT molecular complexity index is 1630. The lowest BCUT2D eigenvalue weighted by atomic mass is 9.68. The van der Waals surface area contributed by atoms with Gasteiger partial charge in [0.1, 0.15) is 11.1 Å². The number of nitrogens with zero attached hydrogens (tertiary/aromatic N) is 2. The third kappa shape index (κ3) is 3.64. The standard InChI is InChI=1S/C29H26N2O4S/c1-2-31-26(33)24-25(20-11-5-3-10-19(20)16-29(24)13-7-8-14-29)30-28(31)36-17-22(32)21-15-18-9-4-6-12-23(18)35-27(21)34/h3-6,9-12,15H,2,7-8,13-14,16-17H2,1H3. The summed E-state index contributed by atoms with van der Waals surface area (Å²) < 4.78 is 7.03. The van der Waals surface area contributed by atoms with Crippen molar-refractivity contribution in [2.24, 2.45) is 0 Å². The lowest BCUT2D eigenvalue weighted by molar-refractivity contribution is 0.101. The van der Waals surface area contributed by atoms with Crippen molar-refractivity contribution in [3.8, 4) is 11.3 Å². The van der Waals surface area contributed by atoms with Gasteiger partial charge in [0.15, 0.2) is 10.9 Å². The minimum absolute atomic E-state index is 0.000860. The molecule has 1 saturated carbocycles. The van der Waals surface area contributed by atoms with Gasteiger partial charge in [0.05, 0.1) is 17.0 Å². The Balaban J connectivity index is 1.40. The molecule has 6 nitrogen and oxygen atoms in total. The Hall–Kier alpha value is -3.45. The van der Waals surface area contributed by atoms with Gasteiger partial charge < -0.3 is 4.42 Å². The average Bonchev–Trinajstić information content (AvgIpc) is 3.35. The molecule has 0 bridgehead atoms. The molecule has 4 aromatic rings. The number of thioether (sulfide) groups is 1. The molecule has 7 heteroatoms. The Kier molecular flexibility index (Phi) is 5.67. The van der Waals surface area contributed by atoms with Crippen molar-refractivity contribution >= 4 is 28.5 Å². The molecule has 1 fully saturated rings. The molecule has 2 aliphatic carbocycles. The molecule has 0 radical (unpaired) electrons. The fourth-order valence-electron chi connectivity index (χ4n) is 5.90. The molecule has 6 rings (SSSR count). The highest BCUT2D eigenvalue weighted by atomic mass is 32.2. The summed E-state index contributed by atoms with van der Waals surface area (Å²) in [5, 5.41) is 1.20. The highest BCUT2D eigenvalue weighted by Crippen LogP contribution is 2.49. The van der Waals surface area contributed by atoms with Crippen LogP contribution in [0.2, 0.25) is 0 Å². The summed E-state index contributed by atoms with van der Waals surface area (Å²) in [5.74, 6) is -0.358. The summed E-state index contributed by atoms with van der Waals surface area (Å²) in [6.07, 6.45) is 5.11. The molecule has 2 aliphatic rings. The summed E-state index contributed by atoms with van der Waals surface area (Å²) >= 11 is 1.20. The van der Waals surface area contributed by atoms with Gasteiger partial charge in [-0.1, -0.05) is 67.1 Å². The molecule has 2 aromatic carbocycles. The highest BCUT2D eigenvalue weighted by Gasteiger charge is 2.44. The number of hydrogen-bond donors (Lipinski definition) is 0. The van der Waals surface area contributed by atoms with E-state index in [2.05, 4.69) is 6.07 Å². The number of hydrogen-bond acceptors (Lipinski definition) is 6. The number of para-hydroxylation sites is 1. The van der Waals surface area contributed by atoms with Crippen LogP contribution in [-0.2, 0) is 18.4 Å². The molecule has 1 spiro atoms. The number of rotatable bonds is 5. The van der Waals surface area contributed by atoms with Gasteiger partial charge >= 0.3 is 5.63 Å². The summed E-state index contributed by atoms with van der Waals surface area (Å²) in [6.45, 7) is 2.39. The fraction of sp³-hybridized carbons (Fsp3) is 0.310. The van der Waals surface area contributed by atoms with E-state index in [0.29, 0.717) is 22.7 Å². The minimum Gasteiger partial charge on any atom is -0.422 e. The number of benzene rings is 2. The minimum atomic E-state index is -0.650. The van der Waals surface area contributed by atoms with Crippen LogP contribution in [0.4, 0.5) is 0 Å². The Labute approximate surface area is 212 Å². The van der Waals surface area contributed by atoms with E-state index in [1.807, 2.05) is 31.2 Å². The van der Waals surface area contributed by atoms with Crippen molar-refractivity contribution in [2.45, 2.75) is 56.1 Å². The van der Waals surface area contributed by atoms with Crippen LogP contribution in [0.3, 0.4) is 0 Å². The largest absolute Gasteiger partial charge is 0.422 e. The van der Waals surface area contributed by atoms with Crippen LogP contribution in [-0.4, -0.2) is 21.1 Å². The number of aromatic nitrogens is 2. The summed E-state index contributed by atoms with van der Waals surface area (Å²) in [7, 11) is 0. The molecule has 2 aromatic heterocycles. The number of ketones is 1. The van der Waals surface area contributed by atoms with Gasteiger partial charge in [0, 0.05) is 22.9 Å². The normalized spacial score (nSPS) is 15.7. The lowest BCUT2D eigenvalue weighted by Gasteiger charge is -2.36. The zero-order valence-electron chi connectivity index (χ0n) is 20.1. The molecule has 0 unspecified atom stereocenters. The molecule has 2 heterocycles. The van der Waals surface area contributed by atoms with Gasteiger partial charge in [-0.05, 0) is 43.9 Å². The second kappa shape index (κ2) is 8.89. The quantitative estimate of drug-likeness (QED) is 0.159. The third-order valence-corrected chi connectivity index (χ3v) is 8.59. The van der Waals surface area contributed by atoms with Gasteiger partial charge in [0.25, 0.3) is 5.56 Å². The number of carbonyl (C=O) groups is 1. The summed E-state index contributed by atoms with van der Waals surface area (Å²) in [4.78, 5) is 44.5. The monoisotopic (exact) mass is 498 g/mol. The third-order valence-electron chi connectivity index (χ3n) is 7.62. The average molecular weight is 499 g/mol. The maximum Gasteiger partial charge on any atom is 0.347 e. The lowest BCUT2D eigenvalue weighted by Crippen LogP contribution is -2.40. The van der Waals surface area contributed by atoms with E-state index in [4.69, 9.17) is 9.40 Å². The number of carbonyl (C=O) groups excluding carboxylic acids is 1. The molecule has 182 valence electrons. The molecule has 0 atom stereocenters. The maximum atomic E-state index is 13.9. The fourth-order valence-corrected chi connectivity index (χ4v) is 6.84. The summed E-state index contributed by atoms with van der Waals surface area (Å²) in [6, 6.07) is 16.9. The van der Waals surface area contributed by atoms with Crippen LogP contribution >= 0.6 is 11.8 Å². The van der Waals surface area contributed by atoms with Gasteiger partial charge in [-0.25, -0.2) is 9.78 Å². The van der Waals surface area contributed by atoms with Gasteiger partial charge in [-0.15, -0.1) is 0 Å². The highest BCUT2D eigenvalue weighted by molar-refractivity contribution is 7.99. The van der Waals surface area contributed by atoms with E-state index in [0.717, 1.165) is 48.9 Å². The van der Waals surface area contributed by atoms with Crippen molar-refractivity contribution in [3.63, 3.8) is 0 Å². The Morgan fingerprint density at radius 3 is 2.64 bits per heavy atom. The Morgan fingerprint density at radius 2 is 1.83 bits per heavy atom. The van der Waals surface area contributed by atoms with Gasteiger partial charge in [-0.3, -0.25) is 14.2 Å². The molecule has 36 heavy (non-hydrogen) atoms. The number of fused-ring (bicyclic) bond motifs is 5. The molecular formula is C29H26N2O4S. The van der Waals surface area contributed by atoms with E-state index in [1.165, 1.54) is 17.3 Å². The van der Waals surface area contributed by atoms with Crippen molar-refractivity contribution in [2.75, 3.05) is 5.75 Å². The zero-order chi connectivity index (χ0) is 24.9. The molecule has 0 aliphatic heterocycles. The van der Waals surface area contributed by atoms with Crippen LogP contribution < -0.4 is 11.2 Å². The van der Waals surface area contributed by atoms with Crippen LogP contribution in [0.25, 0.3) is 22.2 Å². The van der Waals surface area contributed by atoms with E-state index < -0.39 is 5.63 Å². The predicted molar refractivity (Wildman–Crippen MR) is 141 cm³/mol. The van der Waals surface area contributed by atoms with Crippen molar-refractivity contribution in [1.29, 1.82) is 0 Å². The first-order chi connectivity index (χ1) is 17.5. The number of Topliss-reactive ketones (excluding diaryl/α,β-unsaturated/α-hetero) is 1. The van der Waals surface area contributed by atoms with Gasteiger partial charge in [0.2, 0.25) is 0 Å². The van der Waals surface area contributed by atoms with E-state index >= 15 is 0 Å². The topological polar surface area (TPSA) is 82.2 Å². The second-order valence-electron chi connectivity index (χ2n) is 9.69. The van der Waals surface area contributed by atoms with Crippen molar-refractivity contribution in [3.05, 3.63) is 92.1 Å². The van der Waals surface area contributed by atoms with Crippen molar-refractivity contribution < 1.29 is 9.21 Å². The maximum absolute atomic E-state index is 13.9. The first-order valence-corrected chi connectivity index (χ1v) is 13.4.